The second kappa shape index (κ2) is 7.81. The van der Waals surface area contributed by atoms with Crippen LogP contribution in [0.5, 0.6) is 5.75 Å². The summed E-state index contributed by atoms with van der Waals surface area (Å²) in [7, 11) is 0. The number of hydrogen-bond acceptors (Lipinski definition) is 4. The van der Waals surface area contributed by atoms with E-state index in [1.54, 1.807) is 0 Å². The van der Waals surface area contributed by atoms with E-state index in [1.165, 1.54) is 5.69 Å². The van der Waals surface area contributed by atoms with Gasteiger partial charge in [-0.25, -0.2) is 0 Å². The van der Waals surface area contributed by atoms with Gasteiger partial charge in [0.25, 0.3) is 0 Å². The molecule has 1 unspecified atom stereocenters. The largest absolute Gasteiger partial charge is 0.494 e. The van der Waals surface area contributed by atoms with Gasteiger partial charge >= 0.3 is 0 Å². The number of aromatic nitrogens is 2. The molecule has 0 aliphatic carbocycles. The molecule has 1 aromatic carbocycles. The minimum Gasteiger partial charge on any atom is -0.494 e. The van der Waals surface area contributed by atoms with Crippen molar-refractivity contribution in [1.82, 2.24) is 15.2 Å². The molecule has 2 aromatic rings. The molecule has 0 aliphatic heterocycles. The highest BCUT2D eigenvalue weighted by atomic mass is 16.5. The van der Waals surface area contributed by atoms with E-state index in [-0.39, 0.29) is 6.04 Å². The Morgan fingerprint density at radius 2 is 2.10 bits per heavy atom. The fraction of sp³-hybridized carbons (Fsp3) is 0.438. The first-order valence-corrected chi connectivity index (χ1v) is 7.40. The molecule has 0 saturated heterocycles. The average molecular weight is 288 g/mol. The number of ether oxygens (including phenoxy) is 1. The number of nitrogens with two attached hydrogens (primary N) is 1. The average Bonchev–Trinajstić information content (AvgIpc) is 2.87. The molecule has 1 heterocycles. The fourth-order valence-electron chi connectivity index (χ4n) is 2.37. The third kappa shape index (κ3) is 4.58. The van der Waals surface area contributed by atoms with E-state index in [9.17, 15) is 0 Å². The number of para-hydroxylation sites is 1. The van der Waals surface area contributed by atoms with E-state index in [0.29, 0.717) is 6.61 Å². The van der Waals surface area contributed by atoms with E-state index >= 15 is 0 Å². The molecule has 114 valence electrons. The standard InChI is InChI=1S/C16H24N4O/c1-3-20-15(11-13(2)19-20)12-14(18-17)9-10-21-16-7-5-4-6-8-16/h4-8,11,14,18H,3,9-10,12,17H2,1-2H3. The number of hydrogen-bond donors (Lipinski definition) is 2. The Labute approximate surface area is 126 Å². The molecule has 0 fully saturated rings. The summed E-state index contributed by atoms with van der Waals surface area (Å²) in [5.41, 5.74) is 5.13. The Balaban J connectivity index is 1.85. The van der Waals surface area contributed by atoms with Gasteiger partial charge in [0.15, 0.2) is 0 Å². The molecule has 1 aromatic heterocycles. The lowest BCUT2D eigenvalue weighted by molar-refractivity contribution is 0.284. The van der Waals surface area contributed by atoms with Crippen molar-refractivity contribution in [2.45, 2.75) is 39.3 Å². The summed E-state index contributed by atoms with van der Waals surface area (Å²) in [6.45, 7) is 5.62. The molecule has 5 nitrogen and oxygen atoms in total. The molecule has 2 rings (SSSR count). The first kappa shape index (κ1) is 15.5. The van der Waals surface area contributed by atoms with Crippen LogP contribution in [0.25, 0.3) is 0 Å². The summed E-state index contributed by atoms with van der Waals surface area (Å²) < 4.78 is 7.75. The summed E-state index contributed by atoms with van der Waals surface area (Å²) >= 11 is 0. The van der Waals surface area contributed by atoms with Crippen molar-refractivity contribution >= 4 is 0 Å². The molecule has 0 saturated carbocycles. The van der Waals surface area contributed by atoms with E-state index < -0.39 is 0 Å². The quantitative estimate of drug-likeness (QED) is 0.576. The molecule has 0 radical (unpaired) electrons. The molecule has 1 atom stereocenters. The van der Waals surface area contributed by atoms with Crippen LogP contribution in [0.4, 0.5) is 0 Å². The lowest BCUT2D eigenvalue weighted by Gasteiger charge is -2.16. The van der Waals surface area contributed by atoms with Crippen molar-refractivity contribution in [1.29, 1.82) is 0 Å². The maximum absolute atomic E-state index is 5.72. The van der Waals surface area contributed by atoms with Crippen LogP contribution in [-0.4, -0.2) is 22.4 Å². The second-order valence-corrected chi connectivity index (χ2v) is 5.11. The molecule has 5 heteroatoms. The maximum Gasteiger partial charge on any atom is 0.119 e. The summed E-state index contributed by atoms with van der Waals surface area (Å²) in [6.07, 6.45) is 1.70. The topological polar surface area (TPSA) is 65.1 Å². The zero-order valence-electron chi connectivity index (χ0n) is 12.7. The normalized spacial score (nSPS) is 12.3. The highest BCUT2D eigenvalue weighted by Gasteiger charge is 2.12. The summed E-state index contributed by atoms with van der Waals surface area (Å²) in [5, 5.41) is 4.46. The van der Waals surface area contributed by atoms with Gasteiger partial charge in [-0.05, 0) is 38.5 Å². The van der Waals surface area contributed by atoms with Crippen LogP contribution in [-0.2, 0) is 13.0 Å². The third-order valence-electron chi connectivity index (χ3n) is 3.45. The molecule has 0 bridgehead atoms. The smallest absolute Gasteiger partial charge is 0.119 e. The van der Waals surface area contributed by atoms with E-state index in [1.807, 2.05) is 41.9 Å². The maximum atomic E-state index is 5.72. The van der Waals surface area contributed by atoms with Crippen molar-refractivity contribution in [2.75, 3.05) is 6.61 Å². The number of benzene rings is 1. The van der Waals surface area contributed by atoms with Crippen LogP contribution in [0.2, 0.25) is 0 Å². The predicted octanol–water partition coefficient (Wildman–Crippen LogP) is 2.05. The predicted molar refractivity (Wildman–Crippen MR) is 84.0 cm³/mol. The van der Waals surface area contributed by atoms with Crippen molar-refractivity contribution < 1.29 is 4.74 Å². The Kier molecular flexibility index (Phi) is 5.78. The number of hydrazine groups is 1. The molecule has 0 amide bonds. The van der Waals surface area contributed by atoms with Gasteiger partial charge in [-0.1, -0.05) is 18.2 Å². The van der Waals surface area contributed by atoms with Crippen LogP contribution in [0, 0.1) is 6.92 Å². The Morgan fingerprint density at radius 3 is 2.76 bits per heavy atom. The highest BCUT2D eigenvalue weighted by Crippen LogP contribution is 2.11. The summed E-state index contributed by atoms with van der Waals surface area (Å²) in [5.74, 6) is 6.55. The van der Waals surface area contributed by atoms with Crippen LogP contribution in [0.3, 0.4) is 0 Å². The number of nitrogens with zero attached hydrogens (tertiary/aromatic N) is 2. The van der Waals surface area contributed by atoms with E-state index in [0.717, 1.165) is 30.8 Å². The van der Waals surface area contributed by atoms with E-state index in [4.69, 9.17) is 10.6 Å². The zero-order valence-corrected chi connectivity index (χ0v) is 12.7. The lowest BCUT2D eigenvalue weighted by atomic mass is 10.1. The van der Waals surface area contributed by atoms with Crippen LogP contribution in [0.1, 0.15) is 24.7 Å². The SMILES string of the molecule is CCn1nc(C)cc1CC(CCOc1ccccc1)NN. The van der Waals surface area contributed by atoms with Gasteiger partial charge in [0.2, 0.25) is 0 Å². The monoisotopic (exact) mass is 288 g/mol. The first-order chi connectivity index (χ1) is 10.2. The second-order valence-electron chi connectivity index (χ2n) is 5.11. The molecular weight excluding hydrogens is 264 g/mol. The summed E-state index contributed by atoms with van der Waals surface area (Å²) in [4.78, 5) is 0. The van der Waals surface area contributed by atoms with Gasteiger partial charge in [0.05, 0.1) is 12.3 Å². The van der Waals surface area contributed by atoms with Gasteiger partial charge in [0, 0.05) is 24.7 Å². The molecule has 21 heavy (non-hydrogen) atoms. The highest BCUT2D eigenvalue weighted by molar-refractivity contribution is 5.20. The van der Waals surface area contributed by atoms with Gasteiger partial charge in [0.1, 0.15) is 5.75 Å². The fourth-order valence-corrected chi connectivity index (χ4v) is 2.37. The molecule has 3 N–H and O–H groups in total. The van der Waals surface area contributed by atoms with E-state index in [2.05, 4.69) is 23.5 Å². The Hall–Kier alpha value is -1.85. The Morgan fingerprint density at radius 1 is 1.33 bits per heavy atom. The number of aryl methyl sites for hydroxylation is 2. The minimum absolute atomic E-state index is 0.176. The van der Waals surface area contributed by atoms with Crippen molar-refractivity contribution in [3.05, 3.63) is 47.8 Å². The van der Waals surface area contributed by atoms with Crippen molar-refractivity contribution in [2.24, 2.45) is 5.84 Å². The van der Waals surface area contributed by atoms with Gasteiger partial charge < -0.3 is 4.74 Å². The van der Waals surface area contributed by atoms with Gasteiger partial charge in [-0.15, -0.1) is 0 Å². The minimum atomic E-state index is 0.176. The number of nitrogens with one attached hydrogen (secondary N) is 1. The number of rotatable bonds is 8. The molecule has 0 aliphatic rings. The zero-order chi connectivity index (χ0) is 15.1. The van der Waals surface area contributed by atoms with Crippen molar-refractivity contribution in [3.63, 3.8) is 0 Å². The van der Waals surface area contributed by atoms with Crippen LogP contribution in [0.15, 0.2) is 36.4 Å². The van der Waals surface area contributed by atoms with Gasteiger partial charge in [-0.3, -0.25) is 16.0 Å². The molecule has 0 spiro atoms. The molecular formula is C16H24N4O. The Bertz CT molecular complexity index is 538. The van der Waals surface area contributed by atoms with Crippen LogP contribution < -0.4 is 16.0 Å². The van der Waals surface area contributed by atoms with Crippen molar-refractivity contribution in [3.8, 4) is 5.75 Å². The first-order valence-electron chi connectivity index (χ1n) is 7.40. The third-order valence-corrected chi connectivity index (χ3v) is 3.45. The van der Waals surface area contributed by atoms with Gasteiger partial charge in [-0.2, -0.15) is 5.10 Å². The lowest BCUT2D eigenvalue weighted by Crippen LogP contribution is -2.38. The summed E-state index contributed by atoms with van der Waals surface area (Å²) in [6, 6.07) is 12.1. The van der Waals surface area contributed by atoms with Crippen LogP contribution >= 0.6 is 0 Å².